The van der Waals surface area contributed by atoms with Crippen molar-refractivity contribution in [2.45, 2.75) is 32.6 Å². The summed E-state index contributed by atoms with van der Waals surface area (Å²) in [6.07, 6.45) is 5.07. The second-order valence-electron chi connectivity index (χ2n) is 7.03. The van der Waals surface area contributed by atoms with E-state index in [1.54, 1.807) is 10.7 Å². The van der Waals surface area contributed by atoms with Gasteiger partial charge < -0.3 is 25.4 Å². The zero-order chi connectivity index (χ0) is 20.9. The van der Waals surface area contributed by atoms with Gasteiger partial charge >= 0.3 is 0 Å². The first kappa shape index (κ1) is 19.8. The number of carbonyl (C=O) groups excluding carboxylic acids is 1. The van der Waals surface area contributed by atoms with E-state index in [-0.39, 0.29) is 5.91 Å². The van der Waals surface area contributed by atoms with Crippen LogP contribution in [0.2, 0.25) is 0 Å². The van der Waals surface area contributed by atoms with Gasteiger partial charge in [0.2, 0.25) is 5.91 Å². The minimum absolute atomic E-state index is 0.0350. The number of hydrogen-bond acceptors (Lipinski definition) is 7. The minimum atomic E-state index is -0.0350. The van der Waals surface area contributed by atoms with Gasteiger partial charge in [-0.05, 0) is 18.6 Å². The Morgan fingerprint density at radius 3 is 2.90 bits per heavy atom. The third kappa shape index (κ3) is 4.10. The van der Waals surface area contributed by atoms with Crippen LogP contribution in [0.3, 0.4) is 0 Å². The lowest BCUT2D eigenvalue weighted by atomic mass is 10.2. The number of hydrogen-bond donors (Lipinski definition) is 3. The van der Waals surface area contributed by atoms with Crippen LogP contribution in [-0.4, -0.2) is 40.8 Å². The Morgan fingerprint density at radius 2 is 2.07 bits per heavy atom. The predicted octanol–water partition coefficient (Wildman–Crippen LogP) is 3.80. The standard InChI is InChI=1S/C21H26N6O3/c1-3-4-5-9-19(28)25-15-13-23-27-18(22-2)12-17(26-21(15)27)24-14-7-6-8-16-20(14)30-11-10-29-16/h6-8,12-13,22H,3-5,9-11H2,1-2H3,(H,24,26)(H,25,28). The summed E-state index contributed by atoms with van der Waals surface area (Å²) in [6.45, 7) is 3.14. The number of para-hydroxylation sites is 1. The summed E-state index contributed by atoms with van der Waals surface area (Å²) in [6, 6.07) is 7.52. The van der Waals surface area contributed by atoms with Crippen LogP contribution in [0.15, 0.2) is 30.5 Å². The molecule has 30 heavy (non-hydrogen) atoms. The van der Waals surface area contributed by atoms with Gasteiger partial charge in [0.25, 0.3) is 0 Å². The van der Waals surface area contributed by atoms with Gasteiger partial charge in [0.15, 0.2) is 17.1 Å². The summed E-state index contributed by atoms with van der Waals surface area (Å²) in [5, 5.41) is 13.7. The average Bonchev–Trinajstić information content (AvgIpc) is 3.16. The predicted molar refractivity (Wildman–Crippen MR) is 116 cm³/mol. The number of carbonyl (C=O) groups is 1. The normalized spacial score (nSPS) is 12.6. The van der Waals surface area contributed by atoms with E-state index in [9.17, 15) is 4.79 Å². The first-order chi connectivity index (χ1) is 14.7. The summed E-state index contributed by atoms with van der Waals surface area (Å²) in [5.41, 5.74) is 1.89. The molecule has 3 aromatic rings. The lowest BCUT2D eigenvalue weighted by molar-refractivity contribution is -0.116. The maximum absolute atomic E-state index is 12.3. The Bertz CT molecular complexity index is 1050. The van der Waals surface area contributed by atoms with Crippen LogP contribution in [0.4, 0.5) is 23.0 Å². The highest BCUT2D eigenvalue weighted by Crippen LogP contribution is 2.38. The zero-order valence-corrected chi connectivity index (χ0v) is 17.2. The molecule has 2 aromatic heterocycles. The highest BCUT2D eigenvalue weighted by Gasteiger charge is 2.18. The van der Waals surface area contributed by atoms with Gasteiger partial charge in [0, 0.05) is 19.5 Å². The lowest BCUT2D eigenvalue weighted by Gasteiger charge is -2.21. The van der Waals surface area contributed by atoms with Crippen molar-refractivity contribution in [1.29, 1.82) is 0 Å². The molecule has 9 nitrogen and oxygen atoms in total. The van der Waals surface area contributed by atoms with Crippen molar-refractivity contribution in [3.8, 4) is 11.5 Å². The van der Waals surface area contributed by atoms with Crippen LogP contribution in [0.5, 0.6) is 11.5 Å². The van der Waals surface area contributed by atoms with Crippen molar-refractivity contribution in [2.24, 2.45) is 0 Å². The van der Waals surface area contributed by atoms with Crippen LogP contribution in [0.25, 0.3) is 5.65 Å². The fourth-order valence-corrected chi connectivity index (χ4v) is 3.35. The van der Waals surface area contributed by atoms with Gasteiger partial charge in [-0.25, -0.2) is 4.98 Å². The summed E-state index contributed by atoms with van der Waals surface area (Å²) >= 11 is 0. The van der Waals surface area contributed by atoms with Gasteiger partial charge in [0.05, 0.1) is 11.9 Å². The number of rotatable bonds is 8. The van der Waals surface area contributed by atoms with Gasteiger partial charge in [-0.2, -0.15) is 9.61 Å². The van der Waals surface area contributed by atoms with Crippen LogP contribution in [-0.2, 0) is 4.79 Å². The maximum Gasteiger partial charge on any atom is 0.224 e. The number of fused-ring (bicyclic) bond motifs is 2. The second-order valence-corrected chi connectivity index (χ2v) is 7.03. The minimum Gasteiger partial charge on any atom is -0.486 e. The molecule has 9 heteroatoms. The molecule has 4 rings (SSSR count). The van der Waals surface area contributed by atoms with E-state index >= 15 is 0 Å². The molecule has 0 atom stereocenters. The molecule has 1 aliphatic rings. The van der Waals surface area contributed by atoms with E-state index in [2.05, 4.69) is 33.0 Å². The monoisotopic (exact) mass is 410 g/mol. The molecule has 0 fully saturated rings. The number of nitrogens with one attached hydrogen (secondary N) is 3. The second kappa shape index (κ2) is 8.89. The van der Waals surface area contributed by atoms with Crippen molar-refractivity contribution in [2.75, 3.05) is 36.2 Å². The van der Waals surface area contributed by atoms with Gasteiger partial charge in [-0.3, -0.25) is 4.79 Å². The smallest absolute Gasteiger partial charge is 0.224 e. The molecule has 0 aliphatic carbocycles. The molecule has 0 bridgehead atoms. The van der Waals surface area contributed by atoms with Gasteiger partial charge in [-0.15, -0.1) is 0 Å². The van der Waals surface area contributed by atoms with Crippen molar-refractivity contribution >= 4 is 34.6 Å². The molecule has 3 heterocycles. The molecule has 0 spiro atoms. The summed E-state index contributed by atoms with van der Waals surface area (Å²) < 4.78 is 13.1. The molecule has 3 N–H and O–H groups in total. The van der Waals surface area contributed by atoms with E-state index in [1.165, 1.54) is 0 Å². The number of aromatic nitrogens is 3. The number of anilines is 4. The van der Waals surface area contributed by atoms with Crippen LogP contribution < -0.4 is 25.4 Å². The maximum atomic E-state index is 12.3. The molecule has 1 aromatic carbocycles. The first-order valence-electron chi connectivity index (χ1n) is 10.2. The van der Waals surface area contributed by atoms with Crippen molar-refractivity contribution in [3.05, 3.63) is 30.5 Å². The quantitative estimate of drug-likeness (QED) is 0.486. The molecular formula is C21H26N6O3. The van der Waals surface area contributed by atoms with Crippen LogP contribution in [0, 0.1) is 0 Å². The largest absolute Gasteiger partial charge is 0.486 e. The Labute approximate surface area is 174 Å². The van der Waals surface area contributed by atoms with E-state index in [0.29, 0.717) is 48.3 Å². The Kier molecular flexibility index (Phi) is 5.87. The number of nitrogens with zero attached hydrogens (tertiary/aromatic N) is 3. The molecule has 0 unspecified atom stereocenters. The summed E-state index contributed by atoms with van der Waals surface area (Å²) in [7, 11) is 1.81. The Morgan fingerprint density at radius 1 is 1.20 bits per heavy atom. The fourth-order valence-electron chi connectivity index (χ4n) is 3.35. The van der Waals surface area contributed by atoms with E-state index in [1.807, 2.05) is 31.3 Å². The first-order valence-corrected chi connectivity index (χ1v) is 10.2. The average molecular weight is 410 g/mol. The van der Waals surface area contributed by atoms with Crippen LogP contribution in [0.1, 0.15) is 32.6 Å². The van der Waals surface area contributed by atoms with Gasteiger partial charge in [-0.1, -0.05) is 25.8 Å². The molecule has 1 amide bonds. The topological polar surface area (TPSA) is 102 Å². The molecule has 0 saturated heterocycles. The summed E-state index contributed by atoms with van der Waals surface area (Å²) in [4.78, 5) is 17.0. The molecule has 0 radical (unpaired) electrons. The van der Waals surface area contributed by atoms with E-state index in [4.69, 9.17) is 9.47 Å². The number of amides is 1. The van der Waals surface area contributed by atoms with Crippen molar-refractivity contribution in [1.82, 2.24) is 14.6 Å². The molecule has 0 saturated carbocycles. The zero-order valence-electron chi connectivity index (χ0n) is 17.2. The molecule has 158 valence electrons. The van der Waals surface area contributed by atoms with Crippen molar-refractivity contribution in [3.63, 3.8) is 0 Å². The van der Waals surface area contributed by atoms with E-state index < -0.39 is 0 Å². The fraction of sp³-hybridized carbons (Fsp3) is 0.381. The molecule has 1 aliphatic heterocycles. The highest BCUT2D eigenvalue weighted by atomic mass is 16.6. The van der Waals surface area contributed by atoms with E-state index in [0.717, 1.165) is 30.8 Å². The number of benzene rings is 1. The van der Waals surface area contributed by atoms with Gasteiger partial charge in [0.1, 0.15) is 30.5 Å². The third-order valence-corrected chi connectivity index (χ3v) is 4.84. The number of ether oxygens (including phenoxy) is 2. The molecular weight excluding hydrogens is 384 g/mol. The van der Waals surface area contributed by atoms with Crippen LogP contribution >= 0.6 is 0 Å². The number of unbranched alkanes of at least 4 members (excludes halogenated alkanes) is 2. The summed E-state index contributed by atoms with van der Waals surface area (Å²) in [5.74, 6) is 2.65. The third-order valence-electron chi connectivity index (χ3n) is 4.84. The lowest BCUT2D eigenvalue weighted by Crippen LogP contribution is -2.16. The Hall–Kier alpha value is -3.49. The van der Waals surface area contributed by atoms with Crippen molar-refractivity contribution < 1.29 is 14.3 Å². The highest BCUT2D eigenvalue weighted by molar-refractivity contribution is 5.94. The Balaban J connectivity index is 1.62. The SMILES string of the molecule is CCCCCC(=O)Nc1cnn2c(NC)cc(Nc3cccc4c3OCCO4)nc12.